The van der Waals surface area contributed by atoms with E-state index in [0.717, 1.165) is 27.9 Å². The molecule has 4 rings (SSSR count). The summed E-state index contributed by atoms with van der Waals surface area (Å²) in [6.45, 7) is 1.09. The zero-order chi connectivity index (χ0) is 20.2. The smallest absolute Gasteiger partial charge is 0.203 e. The lowest BCUT2D eigenvalue weighted by Crippen LogP contribution is -2.35. The summed E-state index contributed by atoms with van der Waals surface area (Å²) in [5.74, 6) is 3.29. The molecule has 0 aliphatic carbocycles. The third-order valence-corrected chi connectivity index (χ3v) is 5.31. The molecule has 7 nitrogen and oxygen atoms in total. The second-order valence-electron chi connectivity index (χ2n) is 6.33. The summed E-state index contributed by atoms with van der Waals surface area (Å²) in [6.07, 6.45) is -0.0848. The van der Waals surface area contributed by atoms with Crippen molar-refractivity contribution in [2.24, 2.45) is 0 Å². The lowest BCUT2D eigenvalue weighted by atomic mass is 10.1. The lowest BCUT2D eigenvalue weighted by Gasteiger charge is -2.26. The zero-order valence-corrected chi connectivity index (χ0v) is 19.4. The largest absolute Gasteiger partial charge is 0.493 e. The minimum Gasteiger partial charge on any atom is -0.493 e. The molecule has 1 atom stereocenters. The van der Waals surface area contributed by atoms with E-state index in [1.807, 2.05) is 41.8 Å². The maximum absolute atomic E-state index is 5.97. The standard InChI is InChI=1S/C21H22N2O5S.BrH/c1-24-18-8-13(9-19(25-2)20(18)26-3)15-12-29-21(23-15)22-10-14-11-27-16-6-4-5-7-17(16)28-14;/h4-9,12,14H,10-11H2,1-3H3,(H,22,23);1H. The van der Waals surface area contributed by atoms with Gasteiger partial charge in [-0.3, -0.25) is 0 Å². The molecule has 0 bridgehead atoms. The van der Waals surface area contributed by atoms with E-state index in [-0.39, 0.29) is 23.1 Å². The van der Waals surface area contributed by atoms with E-state index in [9.17, 15) is 0 Å². The highest BCUT2D eigenvalue weighted by molar-refractivity contribution is 8.93. The Hall–Kier alpha value is -2.65. The molecule has 3 aromatic rings. The molecule has 0 fully saturated rings. The van der Waals surface area contributed by atoms with Crippen LogP contribution in [-0.2, 0) is 0 Å². The molecule has 2 aromatic carbocycles. The van der Waals surface area contributed by atoms with Crippen LogP contribution in [0, 0.1) is 0 Å². The number of aromatic nitrogens is 1. The van der Waals surface area contributed by atoms with E-state index in [1.54, 1.807) is 21.3 Å². The Morgan fingerprint density at radius 1 is 1.07 bits per heavy atom. The molecule has 0 amide bonds. The van der Waals surface area contributed by atoms with Gasteiger partial charge in [-0.1, -0.05) is 12.1 Å². The number of rotatable bonds is 7. The molecule has 0 saturated heterocycles. The summed E-state index contributed by atoms with van der Waals surface area (Å²) in [6, 6.07) is 11.4. The van der Waals surface area contributed by atoms with Crippen molar-refractivity contribution in [1.29, 1.82) is 0 Å². The first-order valence-electron chi connectivity index (χ1n) is 9.10. The molecule has 1 aliphatic rings. The molecule has 2 heterocycles. The van der Waals surface area contributed by atoms with Crippen molar-refractivity contribution in [3.8, 4) is 40.0 Å². The van der Waals surface area contributed by atoms with Crippen molar-refractivity contribution in [1.82, 2.24) is 4.98 Å². The maximum atomic E-state index is 5.97. The molecule has 1 unspecified atom stereocenters. The van der Waals surface area contributed by atoms with Crippen molar-refractivity contribution in [3.05, 3.63) is 41.8 Å². The van der Waals surface area contributed by atoms with Gasteiger partial charge in [0.1, 0.15) is 12.7 Å². The van der Waals surface area contributed by atoms with Crippen LogP contribution in [0.4, 0.5) is 5.13 Å². The Labute approximate surface area is 189 Å². The van der Waals surface area contributed by atoms with E-state index < -0.39 is 0 Å². The highest BCUT2D eigenvalue weighted by Crippen LogP contribution is 2.41. The quantitative estimate of drug-likeness (QED) is 0.511. The van der Waals surface area contributed by atoms with Gasteiger partial charge in [-0.25, -0.2) is 4.98 Å². The minimum absolute atomic E-state index is 0. The predicted molar refractivity (Wildman–Crippen MR) is 122 cm³/mol. The molecule has 0 spiro atoms. The number of fused-ring (bicyclic) bond motifs is 1. The summed E-state index contributed by atoms with van der Waals surface area (Å²) in [4.78, 5) is 4.67. The van der Waals surface area contributed by atoms with Gasteiger partial charge in [0.2, 0.25) is 5.75 Å². The predicted octanol–water partition coefficient (Wildman–Crippen LogP) is 4.67. The van der Waals surface area contributed by atoms with E-state index >= 15 is 0 Å². The molecule has 0 saturated carbocycles. The fraction of sp³-hybridized carbons (Fsp3) is 0.286. The summed E-state index contributed by atoms with van der Waals surface area (Å²) in [5, 5.41) is 6.12. The Morgan fingerprint density at radius 3 is 2.43 bits per heavy atom. The Morgan fingerprint density at radius 2 is 1.77 bits per heavy atom. The molecule has 0 radical (unpaired) electrons. The van der Waals surface area contributed by atoms with Crippen LogP contribution in [0.5, 0.6) is 28.7 Å². The van der Waals surface area contributed by atoms with Crippen molar-refractivity contribution in [2.75, 3.05) is 39.8 Å². The zero-order valence-electron chi connectivity index (χ0n) is 16.8. The highest BCUT2D eigenvalue weighted by atomic mass is 79.9. The molecule has 160 valence electrons. The van der Waals surface area contributed by atoms with Crippen LogP contribution < -0.4 is 29.0 Å². The average Bonchev–Trinajstić information content (AvgIpc) is 3.25. The number of benzene rings is 2. The first-order valence-corrected chi connectivity index (χ1v) is 9.98. The second kappa shape index (κ2) is 9.90. The Bertz CT molecular complexity index is 972. The molecule has 1 aliphatic heterocycles. The Balaban J connectivity index is 0.00000256. The first-order chi connectivity index (χ1) is 14.2. The number of nitrogens with one attached hydrogen (secondary N) is 1. The summed E-state index contributed by atoms with van der Waals surface area (Å²) >= 11 is 1.52. The van der Waals surface area contributed by atoms with Crippen LogP contribution >= 0.6 is 28.3 Å². The first kappa shape index (κ1) is 22.0. The maximum Gasteiger partial charge on any atom is 0.203 e. The fourth-order valence-corrected chi connectivity index (χ4v) is 3.81. The number of para-hydroxylation sites is 2. The second-order valence-corrected chi connectivity index (χ2v) is 7.19. The van der Waals surface area contributed by atoms with Crippen LogP contribution in [0.25, 0.3) is 11.3 Å². The topological polar surface area (TPSA) is 71.1 Å². The number of nitrogens with zero attached hydrogens (tertiary/aromatic N) is 1. The average molecular weight is 495 g/mol. The normalized spacial score (nSPS) is 14.4. The number of hydrogen-bond acceptors (Lipinski definition) is 8. The fourth-order valence-electron chi connectivity index (χ4n) is 3.08. The number of halogens is 1. The van der Waals surface area contributed by atoms with Crippen molar-refractivity contribution < 1.29 is 23.7 Å². The van der Waals surface area contributed by atoms with Gasteiger partial charge in [-0.05, 0) is 24.3 Å². The molecule has 30 heavy (non-hydrogen) atoms. The molecule has 9 heteroatoms. The lowest BCUT2D eigenvalue weighted by molar-refractivity contribution is 0.0997. The van der Waals surface area contributed by atoms with Crippen LogP contribution in [0.15, 0.2) is 41.8 Å². The van der Waals surface area contributed by atoms with Crippen molar-refractivity contribution in [2.45, 2.75) is 6.10 Å². The monoisotopic (exact) mass is 494 g/mol. The van der Waals surface area contributed by atoms with Gasteiger partial charge in [0, 0.05) is 10.9 Å². The van der Waals surface area contributed by atoms with Gasteiger partial charge >= 0.3 is 0 Å². The molecular formula is C21H23BrN2O5S. The Kier molecular flexibility index (Phi) is 7.28. The van der Waals surface area contributed by atoms with E-state index in [0.29, 0.717) is 30.4 Å². The van der Waals surface area contributed by atoms with E-state index in [1.165, 1.54) is 11.3 Å². The van der Waals surface area contributed by atoms with Gasteiger partial charge in [0.15, 0.2) is 28.1 Å². The third-order valence-electron chi connectivity index (χ3n) is 4.51. The number of anilines is 1. The number of hydrogen-bond donors (Lipinski definition) is 1. The summed E-state index contributed by atoms with van der Waals surface area (Å²) in [7, 11) is 4.78. The molecular weight excluding hydrogens is 472 g/mol. The number of ether oxygens (including phenoxy) is 5. The van der Waals surface area contributed by atoms with E-state index in [2.05, 4.69) is 10.3 Å². The van der Waals surface area contributed by atoms with Gasteiger partial charge in [-0.2, -0.15) is 0 Å². The van der Waals surface area contributed by atoms with Crippen LogP contribution in [-0.4, -0.2) is 45.6 Å². The van der Waals surface area contributed by atoms with Crippen LogP contribution in [0.1, 0.15) is 0 Å². The van der Waals surface area contributed by atoms with Crippen molar-refractivity contribution in [3.63, 3.8) is 0 Å². The summed E-state index contributed by atoms with van der Waals surface area (Å²) < 4.78 is 28.0. The van der Waals surface area contributed by atoms with Crippen molar-refractivity contribution >= 4 is 33.4 Å². The third kappa shape index (κ3) is 4.57. The van der Waals surface area contributed by atoms with E-state index in [4.69, 9.17) is 23.7 Å². The number of methoxy groups -OCH3 is 3. The molecule has 1 N–H and O–H groups in total. The van der Waals surface area contributed by atoms with Crippen LogP contribution in [0.3, 0.4) is 0 Å². The highest BCUT2D eigenvalue weighted by Gasteiger charge is 2.21. The van der Waals surface area contributed by atoms with Gasteiger partial charge < -0.3 is 29.0 Å². The summed E-state index contributed by atoms with van der Waals surface area (Å²) in [5.41, 5.74) is 1.71. The van der Waals surface area contributed by atoms with Gasteiger partial charge in [0.25, 0.3) is 0 Å². The number of thiazole rings is 1. The van der Waals surface area contributed by atoms with Crippen LogP contribution in [0.2, 0.25) is 0 Å². The van der Waals surface area contributed by atoms with Gasteiger partial charge in [-0.15, -0.1) is 28.3 Å². The van der Waals surface area contributed by atoms with Gasteiger partial charge in [0.05, 0.1) is 33.6 Å². The molecule has 1 aromatic heterocycles. The minimum atomic E-state index is -0.0848. The SMILES string of the molecule is Br.COc1cc(-c2csc(NCC3COc4ccccc4O3)n2)cc(OC)c1OC.